The summed E-state index contributed by atoms with van der Waals surface area (Å²) in [6, 6.07) is 3.60. The molecule has 8 nitrogen and oxygen atoms in total. The number of fused-ring (bicyclic) bond motifs is 1. The van der Waals surface area contributed by atoms with Gasteiger partial charge in [-0.3, -0.25) is 9.78 Å². The van der Waals surface area contributed by atoms with Crippen LogP contribution in [0.3, 0.4) is 0 Å². The van der Waals surface area contributed by atoms with E-state index in [4.69, 9.17) is 19.0 Å². The molecule has 0 aliphatic carbocycles. The van der Waals surface area contributed by atoms with Crippen LogP contribution in [0.1, 0.15) is 38.1 Å². The molecule has 0 spiro atoms. The van der Waals surface area contributed by atoms with Gasteiger partial charge in [-0.05, 0) is 39.8 Å². The number of amides is 1. The number of hydrogen-bond donors (Lipinski definition) is 0. The SMILES string of the molecule is CN(C)C(=O)c1cc(B2OC(C)(C)C(C)(C)O2)c2nc(N3CCOCC3)cnc2c1. The van der Waals surface area contributed by atoms with Crippen LogP contribution >= 0.6 is 0 Å². The number of aromatic nitrogens is 2. The number of nitrogens with zero attached hydrogens (tertiary/aromatic N) is 4. The summed E-state index contributed by atoms with van der Waals surface area (Å²) in [6.45, 7) is 10.9. The second kappa shape index (κ2) is 7.48. The minimum absolute atomic E-state index is 0.103. The highest BCUT2D eigenvalue weighted by Crippen LogP contribution is 2.37. The second-order valence-corrected chi connectivity index (χ2v) is 9.05. The Morgan fingerprint density at radius 3 is 2.33 bits per heavy atom. The summed E-state index contributed by atoms with van der Waals surface area (Å²) < 4.78 is 18.0. The fraction of sp³-hybridized carbons (Fsp3) is 0.571. The largest absolute Gasteiger partial charge is 0.497 e. The molecule has 1 aromatic carbocycles. The minimum Gasteiger partial charge on any atom is -0.399 e. The Morgan fingerprint density at radius 1 is 1.10 bits per heavy atom. The number of anilines is 1. The van der Waals surface area contributed by atoms with Crippen LogP contribution in [0.2, 0.25) is 0 Å². The molecule has 2 fully saturated rings. The van der Waals surface area contributed by atoms with E-state index < -0.39 is 18.3 Å². The molecule has 0 atom stereocenters. The van der Waals surface area contributed by atoms with Gasteiger partial charge in [-0.2, -0.15) is 0 Å². The Balaban J connectivity index is 1.84. The zero-order chi connectivity index (χ0) is 21.7. The van der Waals surface area contributed by atoms with E-state index in [1.165, 1.54) is 0 Å². The van der Waals surface area contributed by atoms with Gasteiger partial charge in [-0.15, -0.1) is 0 Å². The zero-order valence-corrected chi connectivity index (χ0v) is 18.6. The summed E-state index contributed by atoms with van der Waals surface area (Å²) >= 11 is 0. The van der Waals surface area contributed by atoms with E-state index in [0.717, 1.165) is 24.4 Å². The van der Waals surface area contributed by atoms with Crippen LogP contribution in [-0.2, 0) is 14.0 Å². The van der Waals surface area contributed by atoms with Crippen LogP contribution < -0.4 is 10.4 Å². The Hall–Kier alpha value is -2.23. The highest BCUT2D eigenvalue weighted by atomic mass is 16.7. The molecule has 0 unspecified atom stereocenters. The maximum absolute atomic E-state index is 12.7. The molecule has 3 heterocycles. The smallest absolute Gasteiger partial charge is 0.399 e. The second-order valence-electron chi connectivity index (χ2n) is 9.05. The molecule has 9 heteroatoms. The van der Waals surface area contributed by atoms with Crippen molar-refractivity contribution < 1.29 is 18.8 Å². The van der Waals surface area contributed by atoms with E-state index in [1.54, 1.807) is 31.3 Å². The lowest BCUT2D eigenvalue weighted by molar-refractivity contribution is 0.00578. The normalized spacial score (nSPS) is 20.6. The van der Waals surface area contributed by atoms with Crippen LogP contribution in [0.25, 0.3) is 11.0 Å². The molecule has 0 radical (unpaired) electrons. The Morgan fingerprint density at radius 2 is 1.73 bits per heavy atom. The molecule has 2 aliphatic rings. The van der Waals surface area contributed by atoms with Crippen LogP contribution in [0.5, 0.6) is 0 Å². The highest BCUT2D eigenvalue weighted by Gasteiger charge is 2.52. The number of morpholine rings is 1. The third-order valence-electron chi connectivity index (χ3n) is 6.16. The first-order valence-electron chi connectivity index (χ1n) is 10.3. The van der Waals surface area contributed by atoms with Gasteiger partial charge in [0.05, 0.1) is 41.6 Å². The van der Waals surface area contributed by atoms with Crippen LogP contribution in [0, 0.1) is 0 Å². The number of ether oxygens (including phenoxy) is 1. The van der Waals surface area contributed by atoms with Gasteiger partial charge in [0.1, 0.15) is 5.82 Å². The lowest BCUT2D eigenvalue weighted by Crippen LogP contribution is -2.41. The highest BCUT2D eigenvalue weighted by molar-refractivity contribution is 6.65. The fourth-order valence-corrected chi connectivity index (χ4v) is 3.61. The van der Waals surface area contributed by atoms with Crippen molar-refractivity contribution in [3.63, 3.8) is 0 Å². The summed E-state index contributed by atoms with van der Waals surface area (Å²) in [5.74, 6) is 0.684. The third kappa shape index (κ3) is 3.66. The van der Waals surface area contributed by atoms with Gasteiger partial charge in [-0.1, -0.05) is 0 Å². The maximum atomic E-state index is 12.7. The van der Waals surface area contributed by atoms with Crippen LogP contribution in [0.4, 0.5) is 5.82 Å². The summed E-state index contributed by atoms with van der Waals surface area (Å²) in [5.41, 5.74) is 1.59. The van der Waals surface area contributed by atoms with E-state index in [-0.39, 0.29) is 5.91 Å². The van der Waals surface area contributed by atoms with Crippen molar-refractivity contribution in [2.24, 2.45) is 0 Å². The van der Waals surface area contributed by atoms with Crippen molar-refractivity contribution in [3.05, 3.63) is 23.9 Å². The van der Waals surface area contributed by atoms with Gasteiger partial charge >= 0.3 is 7.12 Å². The molecule has 30 heavy (non-hydrogen) atoms. The maximum Gasteiger partial charge on any atom is 0.497 e. The summed E-state index contributed by atoms with van der Waals surface area (Å²) in [6.07, 6.45) is 1.76. The molecular weight excluding hydrogens is 383 g/mol. The summed E-state index contributed by atoms with van der Waals surface area (Å²) in [5, 5.41) is 0. The van der Waals surface area contributed by atoms with Gasteiger partial charge in [0.25, 0.3) is 5.91 Å². The lowest BCUT2D eigenvalue weighted by Gasteiger charge is -2.32. The molecule has 2 aromatic rings. The molecule has 2 aliphatic heterocycles. The molecule has 0 bridgehead atoms. The van der Waals surface area contributed by atoms with Crippen molar-refractivity contribution >= 4 is 35.3 Å². The number of hydrogen-bond acceptors (Lipinski definition) is 7. The molecule has 1 amide bonds. The monoisotopic (exact) mass is 412 g/mol. The van der Waals surface area contributed by atoms with E-state index >= 15 is 0 Å². The first-order valence-corrected chi connectivity index (χ1v) is 10.3. The van der Waals surface area contributed by atoms with E-state index in [0.29, 0.717) is 29.8 Å². The Labute approximate surface area is 177 Å². The molecule has 160 valence electrons. The van der Waals surface area contributed by atoms with Gasteiger partial charge in [0.15, 0.2) is 0 Å². The summed E-state index contributed by atoms with van der Waals surface area (Å²) in [4.78, 5) is 25.9. The number of carbonyl (C=O) groups is 1. The standard InChI is InChI=1S/C21H29BN4O4/c1-20(2)21(3,4)30-22(29-20)15-11-14(19(27)25(5)6)12-16-18(15)24-17(13-23-16)26-7-9-28-10-8-26/h11-13H,7-10H2,1-6H3. The molecule has 2 saturated heterocycles. The van der Waals surface area contributed by atoms with Crippen molar-refractivity contribution in [3.8, 4) is 0 Å². The molecule has 4 rings (SSSR count). The van der Waals surface area contributed by atoms with Crippen molar-refractivity contribution in [2.75, 3.05) is 45.3 Å². The van der Waals surface area contributed by atoms with E-state index in [9.17, 15) is 4.79 Å². The van der Waals surface area contributed by atoms with Crippen molar-refractivity contribution in [2.45, 2.75) is 38.9 Å². The van der Waals surface area contributed by atoms with Crippen LogP contribution in [-0.4, -0.2) is 79.5 Å². The Bertz CT molecular complexity index is 957. The average molecular weight is 412 g/mol. The first kappa shape index (κ1) is 21.0. The third-order valence-corrected chi connectivity index (χ3v) is 6.16. The fourth-order valence-electron chi connectivity index (χ4n) is 3.61. The minimum atomic E-state index is -0.637. The summed E-state index contributed by atoms with van der Waals surface area (Å²) in [7, 11) is 2.82. The number of rotatable bonds is 3. The van der Waals surface area contributed by atoms with Crippen molar-refractivity contribution in [1.29, 1.82) is 0 Å². The molecule has 0 N–H and O–H groups in total. The Kier molecular flexibility index (Phi) is 5.24. The van der Waals surface area contributed by atoms with E-state index in [1.807, 2.05) is 33.8 Å². The van der Waals surface area contributed by atoms with Gasteiger partial charge < -0.3 is 23.8 Å². The molecule has 0 saturated carbocycles. The predicted molar refractivity (Wildman–Crippen MR) is 116 cm³/mol. The van der Waals surface area contributed by atoms with E-state index in [2.05, 4.69) is 9.88 Å². The number of carbonyl (C=O) groups excluding carboxylic acids is 1. The topological polar surface area (TPSA) is 77.0 Å². The van der Waals surface area contributed by atoms with Crippen molar-refractivity contribution in [1.82, 2.24) is 14.9 Å². The quantitative estimate of drug-likeness (QED) is 0.707. The zero-order valence-electron chi connectivity index (χ0n) is 18.6. The predicted octanol–water partition coefficient (Wildman–Crippen LogP) is 1.47. The number of benzene rings is 1. The average Bonchev–Trinajstić information content (AvgIpc) is 2.93. The molecule has 1 aromatic heterocycles. The molecular formula is C21H29BN4O4. The van der Waals surface area contributed by atoms with Gasteiger partial charge in [0, 0.05) is 38.2 Å². The van der Waals surface area contributed by atoms with Crippen LogP contribution in [0.15, 0.2) is 18.3 Å². The van der Waals surface area contributed by atoms with Gasteiger partial charge in [0.2, 0.25) is 0 Å². The van der Waals surface area contributed by atoms with Gasteiger partial charge in [-0.25, -0.2) is 4.98 Å². The first-order chi connectivity index (χ1) is 14.1. The lowest BCUT2D eigenvalue weighted by atomic mass is 9.77.